The van der Waals surface area contributed by atoms with E-state index in [1.54, 1.807) is 24.3 Å². The molecule has 0 aliphatic heterocycles. The van der Waals surface area contributed by atoms with Gasteiger partial charge in [-0.2, -0.15) is 0 Å². The van der Waals surface area contributed by atoms with Gasteiger partial charge in [0.25, 0.3) is 0 Å². The van der Waals surface area contributed by atoms with Gasteiger partial charge in [-0.05, 0) is 12.5 Å². The third kappa shape index (κ3) is 7.00. The predicted octanol–water partition coefficient (Wildman–Crippen LogP) is -0.892. The van der Waals surface area contributed by atoms with Crippen molar-refractivity contribution in [2.75, 3.05) is 20.1 Å². The molecule has 0 bridgehead atoms. The van der Waals surface area contributed by atoms with E-state index < -0.39 is 12.0 Å². The number of rotatable bonds is 9. The Labute approximate surface area is 145 Å². The molecule has 0 heterocycles. The van der Waals surface area contributed by atoms with Crippen LogP contribution in [0.3, 0.4) is 0 Å². The molecule has 0 aliphatic rings. The molecule has 0 fully saturated rings. The number of carbonyl (C=O) groups excluding carboxylic acids is 2. The van der Waals surface area contributed by atoms with Crippen molar-refractivity contribution < 1.29 is 19.5 Å². The Morgan fingerprint density at radius 1 is 1.28 bits per heavy atom. The number of amidine groups is 1. The monoisotopic (exact) mass is 349 g/mol. The molecule has 1 rings (SSSR count). The van der Waals surface area contributed by atoms with Crippen LogP contribution in [0.4, 0.5) is 0 Å². The molecule has 0 unspecified atom stereocenters. The van der Waals surface area contributed by atoms with Gasteiger partial charge in [0, 0.05) is 19.2 Å². The fourth-order valence-corrected chi connectivity index (χ4v) is 2.01. The average Bonchev–Trinajstić information content (AvgIpc) is 2.57. The predicted molar refractivity (Wildman–Crippen MR) is 92.0 cm³/mol. The van der Waals surface area contributed by atoms with Crippen LogP contribution in [-0.4, -0.2) is 59.8 Å². The molecule has 0 radical (unpaired) electrons. The standard InChI is InChI=1S/C16H23N5O4/c1-10(19-8-14(23)24)16(25)21(2)9-13(22)20-7-11-3-5-12(6-4-11)15(17)18/h3-6,10,19H,7-9H2,1-2H3,(H3,17,18)(H,20,22)(H,23,24)/t10-/m1/s1. The summed E-state index contributed by atoms with van der Waals surface area (Å²) in [6, 6.07) is 6.19. The smallest absolute Gasteiger partial charge is 0.317 e. The van der Waals surface area contributed by atoms with E-state index in [0.29, 0.717) is 5.56 Å². The van der Waals surface area contributed by atoms with Crippen LogP contribution in [-0.2, 0) is 20.9 Å². The summed E-state index contributed by atoms with van der Waals surface area (Å²) in [4.78, 5) is 35.7. The van der Waals surface area contributed by atoms with Crippen molar-refractivity contribution in [3.8, 4) is 0 Å². The van der Waals surface area contributed by atoms with E-state index in [0.717, 1.165) is 5.56 Å². The van der Waals surface area contributed by atoms with E-state index in [-0.39, 0.29) is 37.3 Å². The number of benzene rings is 1. The summed E-state index contributed by atoms with van der Waals surface area (Å²) in [6.45, 7) is 1.36. The molecule has 136 valence electrons. The van der Waals surface area contributed by atoms with Crippen LogP contribution in [0.25, 0.3) is 0 Å². The first-order valence-corrected chi connectivity index (χ1v) is 7.61. The number of hydrogen-bond acceptors (Lipinski definition) is 5. The Hall–Kier alpha value is -2.94. The van der Waals surface area contributed by atoms with E-state index in [2.05, 4.69) is 10.6 Å². The van der Waals surface area contributed by atoms with Crippen molar-refractivity contribution in [3.05, 3.63) is 35.4 Å². The maximum absolute atomic E-state index is 12.0. The Kier molecular flexibility index (Phi) is 7.54. The third-order valence-electron chi connectivity index (χ3n) is 3.44. The fraction of sp³-hybridized carbons (Fsp3) is 0.375. The van der Waals surface area contributed by atoms with Crippen LogP contribution < -0.4 is 16.4 Å². The number of nitrogens with two attached hydrogens (primary N) is 1. The molecule has 25 heavy (non-hydrogen) atoms. The molecule has 0 aromatic heterocycles. The van der Waals surface area contributed by atoms with Gasteiger partial charge in [-0.1, -0.05) is 24.3 Å². The fourth-order valence-electron chi connectivity index (χ4n) is 2.01. The Balaban J connectivity index is 2.43. The molecule has 0 spiro atoms. The first-order valence-electron chi connectivity index (χ1n) is 7.61. The van der Waals surface area contributed by atoms with E-state index in [4.69, 9.17) is 16.2 Å². The number of carboxylic acids is 1. The minimum absolute atomic E-state index is 0.0265. The molecule has 0 aliphatic carbocycles. The number of nitrogens with one attached hydrogen (secondary N) is 3. The molecule has 1 aromatic carbocycles. The lowest BCUT2D eigenvalue weighted by atomic mass is 10.1. The number of amides is 2. The summed E-state index contributed by atoms with van der Waals surface area (Å²) in [5.41, 5.74) is 6.81. The number of likely N-dealkylation sites (N-methyl/N-ethyl adjacent to an activating group) is 1. The van der Waals surface area contributed by atoms with Crippen molar-refractivity contribution in [1.82, 2.24) is 15.5 Å². The topological polar surface area (TPSA) is 149 Å². The minimum atomic E-state index is -1.06. The van der Waals surface area contributed by atoms with Crippen LogP contribution >= 0.6 is 0 Å². The van der Waals surface area contributed by atoms with E-state index in [1.807, 2.05) is 0 Å². The number of nitrogen functional groups attached to an aromatic ring is 1. The molecule has 1 atom stereocenters. The Morgan fingerprint density at radius 2 is 1.88 bits per heavy atom. The highest BCUT2D eigenvalue weighted by Crippen LogP contribution is 2.03. The molecule has 6 N–H and O–H groups in total. The number of carboxylic acid groups (broad SMARTS) is 1. The lowest BCUT2D eigenvalue weighted by Gasteiger charge is -2.21. The summed E-state index contributed by atoms with van der Waals surface area (Å²) in [5, 5.41) is 21.1. The first kappa shape index (κ1) is 20.1. The highest BCUT2D eigenvalue weighted by atomic mass is 16.4. The summed E-state index contributed by atoms with van der Waals surface area (Å²) < 4.78 is 0. The first-order chi connectivity index (χ1) is 11.7. The summed E-state index contributed by atoms with van der Waals surface area (Å²) in [5.74, 6) is -1.80. The number of aliphatic carboxylic acids is 1. The summed E-state index contributed by atoms with van der Waals surface area (Å²) >= 11 is 0. The molecular weight excluding hydrogens is 326 g/mol. The van der Waals surface area contributed by atoms with Crippen LogP contribution in [0.1, 0.15) is 18.1 Å². The van der Waals surface area contributed by atoms with Crippen molar-refractivity contribution in [2.45, 2.75) is 19.5 Å². The van der Waals surface area contributed by atoms with Crippen LogP contribution in [0, 0.1) is 5.41 Å². The quantitative estimate of drug-likeness (QED) is 0.288. The van der Waals surface area contributed by atoms with Gasteiger partial charge in [-0.25, -0.2) is 0 Å². The minimum Gasteiger partial charge on any atom is -0.480 e. The lowest BCUT2D eigenvalue weighted by molar-refractivity contribution is -0.138. The maximum Gasteiger partial charge on any atom is 0.317 e. The second kappa shape index (κ2) is 9.38. The zero-order valence-electron chi connectivity index (χ0n) is 14.2. The van der Waals surface area contributed by atoms with Gasteiger partial charge in [-0.15, -0.1) is 0 Å². The molecule has 1 aromatic rings. The summed E-state index contributed by atoms with van der Waals surface area (Å²) in [7, 11) is 1.47. The molecule has 9 nitrogen and oxygen atoms in total. The Morgan fingerprint density at radius 3 is 2.40 bits per heavy atom. The Bertz CT molecular complexity index is 644. The SMILES string of the molecule is C[C@@H](NCC(=O)O)C(=O)N(C)CC(=O)NCc1ccc(C(=N)N)cc1. The molecule has 2 amide bonds. The van der Waals surface area contributed by atoms with E-state index >= 15 is 0 Å². The number of hydrogen-bond donors (Lipinski definition) is 5. The van der Waals surface area contributed by atoms with Gasteiger partial charge in [0.1, 0.15) is 5.84 Å². The van der Waals surface area contributed by atoms with Crippen molar-refractivity contribution in [3.63, 3.8) is 0 Å². The second-order valence-electron chi connectivity index (χ2n) is 5.58. The largest absolute Gasteiger partial charge is 0.480 e. The van der Waals surface area contributed by atoms with Crippen LogP contribution in [0.15, 0.2) is 24.3 Å². The normalized spacial score (nSPS) is 11.4. The maximum atomic E-state index is 12.0. The van der Waals surface area contributed by atoms with E-state index in [1.165, 1.54) is 18.9 Å². The average molecular weight is 349 g/mol. The lowest BCUT2D eigenvalue weighted by Crippen LogP contribution is -2.47. The summed E-state index contributed by atoms with van der Waals surface area (Å²) in [6.07, 6.45) is 0. The molecular formula is C16H23N5O4. The number of nitrogens with zero attached hydrogens (tertiary/aromatic N) is 1. The third-order valence-corrected chi connectivity index (χ3v) is 3.44. The van der Waals surface area contributed by atoms with Gasteiger partial charge in [0.15, 0.2) is 0 Å². The van der Waals surface area contributed by atoms with Gasteiger partial charge < -0.3 is 21.1 Å². The van der Waals surface area contributed by atoms with Crippen molar-refractivity contribution in [1.29, 1.82) is 5.41 Å². The van der Waals surface area contributed by atoms with Gasteiger partial charge >= 0.3 is 5.97 Å². The molecule has 0 saturated carbocycles. The van der Waals surface area contributed by atoms with Gasteiger partial charge in [0.05, 0.1) is 19.1 Å². The zero-order chi connectivity index (χ0) is 19.0. The van der Waals surface area contributed by atoms with Crippen LogP contribution in [0.2, 0.25) is 0 Å². The van der Waals surface area contributed by atoms with Crippen LogP contribution in [0.5, 0.6) is 0 Å². The second-order valence-corrected chi connectivity index (χ2v) is 5.58. The highest BCUT2D eigenvalue weighted by Gasteiger charge is 2.19. The van der Waals surface area contributed by atoms with E-state index in [9.17, 15) is 14.4 Å². The molecule has 9 heteroatoms. The van der Waals surface area contributed by atoms with Crippen molar-refractivity contribution >= 4 is 23.6 Å². The highest BCUT2D eigenvalue weighted by molar-refractivity contribution is 5.94. The zero-order valence-corrected chi connectivity index (χ0v) is 14.2. The van der Waals surface area contributed by atoms with Gasteiger partial charge in [0.2, 0.25) is 11.8 Å². The van der Waals surface area contributed by atoms with Crippen molar-refractivity contribution in [2.24, 2.45) is 5.73 Å². The number of carbonyl (C=O) groups is 3. The van der Waals surface area contributed by atoms with Gasteiger partial charge in [-0.3, -0.25) is 25.1 Å². The molecule has 0 saturated heterocycles.